The van der Waals surface area contributed by atoms with Crippen molar-refractivity contribution in [2.24, 2.45) is 7.05 Å². The highest BCUT2D eigenvalue weighted by Crippen LogP contribution is 2.30. The second-order valence-corrected chi connectivity index (χ2v) is 6.47. The number of nitrogens with two attached hydrogens (primary N) is 1. The molecule has 2 aromatic heterocycles. The summed E-state index contributed by atoms with van der Waals surface area (Å²) < 4.78 is 12.9. The Morgan fingerprint density at radius 2 is 1.93 bits per heavy atom. The summed E-state index contributed by atoms with van der Waals surface area (Å²) in [5.74, 6) is 2.41. The zero-order valence-electron chi connectivity index (χ0n) is 15.3. The van der Waals surface area contributed by atoms with Gasteiger partial charge in [-0.05, 0) is 29.8 Å². The van der Waals surface area contributed by atoms with Gasteiger partial charge in [-0.25, -0.2) is 4.98 Å². The van der Waals surface area contributed by atoms with E-state index in [0.29, 0.717) is 12.4 Å². The molecule has 0 unspecified atom stereocenters. The van der Waals surface area contributed by atoms with Crippen molar-refractivity contribution in [3.05, 3.63) is 54.4 Å². The van der Waals surface area contributed by atoms with Crippen LogP contribution in [0.15, 0.2) is 48.7 Å². The summed E-state index contributed by atoms with van der Waals surface area (Å²) in [4.78, 5) is 6.88. The molecule has 1 aromatic carbocycles. The van der Waals surface area contributed by atoms with E-state index < -0.39 is 0 Å². The highest BCUT2D eigenvalue weighted by atomic mass is 16.5. The van der Waals surface area contributed by atoms with Crippen molar-refractivity contribution in [2.45, 2.75) is 6.61 Å². The Kier molecular flexibility index (Phi) is 4.93. The van der Waals surface area contributed by atoms with Crippen LogP contribution >= 0.6 is 0 Å². The predicted octanol–water partition coefficient (Wildman–Crippen LogP) is 2.48. The maximum Gasteiger partial charge on any atom is 0.136 e. The van der Waals surface area contributed by atoms with Crippen molar-refractivity contribution in [1.29, 1.82) is 0 Å². The number of anilines is 2. The fourth-order valence-electron chi connectivity index (χ4n) is 3.15. The summed E-state index contributed by atoms with van der Waals surface area (Å²) in [6, 6.07) is 13.9. The first kappa shape index (κ1) is 17.4. The number of hydrogen-bond donors (Lipinski definition) is 1. The van der Waals surface area contributed by atoms with Gasteiger partial charge in [-0.2, -0.15) is 5.10 Å². The average molecular weight is 365 g/mol. The molecule has 4 rings (SSSR count). The largest absolute Gasteiger partial charge is 0.487 e. The van der Waals surface area contributed by atoms with E-state index in [1.54, 1.807) is 4.68 Å². The van der Waals surface area contributed by atoms with E-state index in [2.05, 4.69) is 33.2 Å². The van der Waals surface area contributed by atoms with Gasteiger partial charge < -0.3 is 20.1 Å². The molecule has 2 N–H and O–H groups in total. The van der Waals surface area contributed by atoms with Crippen molar-refractivity contribution in [3.8, 4) is 16.9 Å². The number of benzene rings is 1. The van der Waals surface area contributed by atoms with Crippen LogP contribution in [0.4, 0.5) is 11.6 Å². The lowest BCUT2D eigenvalue weighted by atomic mass is 10.1. The fraction of sp³-hybridized carbons (Fsp3) is 0.300. The molecule has 1 aliphatic rings. The van der Waals surface area contributed by atoms with Gasteiger partial charge >= 0.3 is 0 Å². The van der Waals surface area contributed by atoms with Gasteiger partial charge in [0.1, 0.15) is 29.7 Å². The third kappa shape index (κ3) is 3.88. The monoisotopic (exact) mass is 365 g/mol. The summed E-state index contributed by atoms with van der Waals surface area (Å²) in [7, 11) is 1.81. The van der Waals surface area contributed by atoms with E-state index in [9.17, 15) is 0 Å². The van der Waals surface area contributed by atoms with Gasteiger partial charge in [0, 0.05) is 38.0 Å². The van der Waals surface area contributed by atoms with Gasteiger partial charge in [0.2, 0.25) is 0 Å². The predicted molar refractivity (Wildman–Crippen MR) is 105 cm³/mol. The molecular weight excluding hydrogens is 342 g/mol. The van der Waals surface area contributed by atoms with Gasteiger partial charge in [0.15, 0.2) is 0 Å². The van der Waals surface area contributed by atoms with E-state index in [1.807, 2.05) is 37.5 Å². The van der Waals surface area contributed by atoms with Crippen molar-refractivity contribution in [1.82, 2.24) is 14.8 Å². The summed E-state index contributed by atoms with van der Waals surface area (Å²) in [6.45, 7) is 3.58. The molecule has 1 fully saturated rings. The number of aromatic nitrogens is 3. The van der Waals surface area contributed by atoms with Crippen LogP contribution in [0.25, 0.3) is 11.1 Å². The van der Waals surface area contributed by atoms with Crippen molar-refractivity contribution >= 4 is 11.6 Å². The number of hydrogen-bond acceptors (Lipinski definition) is 6. The maximum atomic E-state index is 5.82. The molecule has 7 nitrogen and oxygen atoms in total. The van der Waals surface area contributed by atoms with Crippen molar-refractivity contribution < 1.29 is 9.47 Å². The summed E-state index contributed by atoms with van der Waals surface area (Å²) in [5, 5.41) is 4.30. The Hall–Kier alpha value is -3.06. The first-order chi connectivity index (χ1) is 13.2. The Morgan fingerprint density at radius 3 is 2.63 bits per heavy atom. The van der Waals surface area contributed by atoms with Crippen LogP contribution in [0, 0.1) is 0 Å². The Bertz CT molecular complexity index is 881. The third-order valence-electron chi connectivity index (χ3n) is 4.62. The lowest BCUT2D eigenvalue weighted by molar-refractivity contribution is 0.122. The lowest BCUT2D eigenvalue weighted by Gasteiger charge is -2.29. The number of aryl methyl sites for hydroxylation is 1. The highest BCUT2D eigenvalue weighted by Gasteiger charge is 2.16. The summed E-state index contributed by atoms with van der Waals surface area (Å²) in [5.41, 5.74) is 8.83. The van der Waals surface area contributed by atoms with Gasteiger partial charge in [-0.1, -0.05) is 12.1 Å². The normalized spacial score (nSPS) is 14.3. The molecule has 0 atom stereocenters. The Morgan fingerprint density at radius 1 is 1.15 bits per heavy atom. The molecule has 0 spiro atoms. The number of pyridine rings is 1. The second kappa shape index (κ2) is 7.67. The minimum absolute atomic E-state index is 0.385. The van der Waals surface area contributed by atoms with Crippen LogP contribution in [0.1, 0.15) is 5.69 Å². The van der Waals surface area contributed by atoms with Crippen molar-refractivity contribution in [3.63, 3.8) is 0 Å². The minimum atomic E-state index is 0.385. The maximum absolute atomic E-state index is 5.82. The highest BCUT2D eigenvalue weighted by molar-refractivity contribution is 5.76. The molecule has 140 valence electrons. The molecule has 27 heavy (non-hydrogen) atoms. The molecule has 0 aliphatic carbocycles. The van der Waals surface area contributed by atoms with Crippen LogP contribution in [0.3, 0.4) is 0 Å². The van der Waals surface area contributed by atoms with Crippen LogP contribution in [-0.2, 0) is 18.4 Å². The average Bonchev–Trinajstić information content (AvgIpc) is 3.05. The van der Waals surface area contributed by atoms with E-state index in [1.165, 1.54) is 0 Å². The molecule has 3 aromatic rings. The molecule has 1 aliphatic heterocycles. The Labute approximate surface area is 158 Å². The van der Waals surface area contributed by atoms with E-state index in [-0.39, 0.29) is 0 Å². The minimum Gasteiger partial charge on any atom is -0.487 e. The molecule has 0 radical (unpaired) electrons. The van der Waals surface area contributed by atoms with Crippen LogP contribution in [-0.4, -0.2) is 41.1 Å². The van der Waals surface area contributed by atoms with Crippen molar-refractivity contribution in [2.75, 3.05) is 36.9 Å². The van der Waals surface area contributed by atoms with Gasteiger partial charge in [0.05, 0.1) is 13.2 Å². The molecular formula is C20H23N5O2. The lowest BCUT2D eigenvalue weighted by Crippen LogP contribution is -2.37. The standard InChI is InChI=1S/C20H23N5O2/c1-24-19(21)13-16(23-24)14-27-17-6-4-15(5-7-17)18-3-2-8-22-20(18)25-9-11-26-12-10-25/h2-8,13H,9-12,14,21H2,1H3. The quantitative estimate of drug-likeness (QED) is 0.748. The van der Waals surface area contributed by atoms with Crippen LogP contribution in [0.5, 0.6) is 5.75 Å². The van der Waals surface area contributed by atoms with Gasteiger partial charge in [-0.15, -0.1) is 0 Å². The fourth-order valence-corrected chi connectivity index (χ4v) is 3.15. The number of nitrogens with zero attached hydrogens (tertiary/aromatic N) is 4. The van der Waals surface area contributed by atoms with Gasteiger partial charge in [0.25, 0.3) is 0 Å². The number of ether oxygens (including phenoxy) is 2. The zero-order valence-corrected chi connectivity index (χ0v) is 15.3. The summed E-state index contributed by atoms with van der Waals surface area (Å²) >= 11 is 0. The molecule has 7 heteroatoms. The second-order valence-electron chi connectivity index (χ2n) is 6.47. The SMILES string of the molecule is Cn1nc(COc2ccc(-c3cccnc3N3CCOCC3)cc2)cc1N. The smallest absolute Gasteiger partial charge is 0.136 e. The zero-order chi connectivity index (χ0) is 18.6. The Balaban J connectivity index is 1.49. The van der Waals surface area contributed by atoms with Gasteiger partial charge in [-0.3, -0.25) is 4.68 Å². The third-order valence-corrected chi connectivity index (χ3v) is 4.62. The molecule has 0 bridgehead atoms. The van der Waals surface area contributed by atoms with E-state index in [4.69, 9.17) is 15.2 Å². The van der Waals surface area contributed by atoms with E-state index in [0.717, 1.165) is 54.7 Å². The molecule has 0 saturated carbocycles. The van der Waals surface area contributed by atoms with E-state index >= 15 is 0 Å². The number of rotatable bonds is 5. The van der Waals surface area contributed by atoms with Crippen LogP contribution in [0.2, 0.25) is 0 Å². The number of nitrogen functional groups attached to an aromatic ring is 1. The summed E-state index contributed by atoms with van der Waals surface area (Å²) in [6.07, 6.45) is 1.84. The first-order valence-electron chi connectivity index (χ1n) is 9.00. The number of morpholine rings is 1. The topological polar surface area (TPSA) is 78.4 Å². The molecule has 1 saturated heterocycles. The van der Waals surface area contributed by atoms with Crippen LogP contribution < -0.4 is 15.4 Å². The molecule has 0 amide bonds. The molecule has 3 heterocycles. The first-order valence-corrected chi connectivity index (χ1v) is 9.00.